The van der Waals surface area contributed by atoms with Crippen LogP contribution in [0.15, 0.2) is 30.5 Å². The van der Waals surface area contributed by atoms with Gasteiger partial charge in [0, 0.05) is 24.6 Å². The summed E-state index contributed by atoms with van der Waals surface area (Å²) in [4.78, 5) is 11.0. The molecule has 2 N–H and O–H groups in total. The van der Waals surface area contributed by atoms with Gasteiger partial charge in [-0.1, -0.05) is 5.21 Å². The molecule has 0 aliphatic heterocycles. The zero-order valence-electron chi connectivity index (χ0n) is 10.8. The third kappa shape index (κ3) is 3.70. The minimum Gasteiger partial charge on any atom is -0.453 e. The number of hydrogen-bond acceptors (Lipinski definition) is 5. The smallest absolute Gasteiger partial charge is 0.411 e. The molecule has 0 fully saturated rings. The molecule has 100 valence electrons. The van der Waals surface area contributed by atoms with Crippen LogP contribution in [0.1, 0.15) is 5.69 Å². The van der Waals surface area contributed by atoms with Crippen LogP contribution in [0, 0.1) is 0 Å². The summed E-state index contributed by atoms with van der Waals surface area (Å²) in [6.45, 7) is 0.595. The van der Waals surface area contributed by atoms with E-state index in [2.05, 4.69) is 25.7 Å². The quantitative estimate of drug-likeness (QED) is 0.873. The average Bonchev–Trinajstić information content (AvgIpc) is 2.83. The molecule has 2 aromatic rings. The van der Waals surface area contributed by atoms with Gasteiger partial charge in [0.2, 0.25) is 0 Å². The van der Waals surface area contributed by atoms with Gasteiger partial charge in [-0.15, -0.1) is 5.10 Å². The maximum absolute atomic E-state index is 11.0. The number of hydrogen-bond donors (Lipinski definition) is 2. The molecule has 0 unspecified atom stereocenters. The topological polar surface area (TPSA) is 81.1 Å². The van der Waals surface area contributed by atoms with Gasteiger partial charge >= 0.3 is 6.09 Å². The summed E-state index contributed by atoms with van der Waals surface area (Å²) in [5.74, 6) is 0. The third-order valence-electron chi connectivity index (χ3n) is 2.44. The first-order chi connectivity index (χ1) is 9.17. The van der Waals surface area contributed by atoms with E-state index in [1.807, 2.05) is 25.4 Å². The van der Waals surface area contributed by atoms with E-state index in [0.29, 0.717) is 12.2 Å². The van der Waals surface area contributed by atoms with Crippen molar-refractivity contribution in [2.24, 2.45) is 7.05 Å². The average molecular weight is 261 g/mol. The number of rotatable bonds is 4. The van der Waals surface area contributed by atoms with Crippen molar-refractivity contribution in [3.05, 3.63) is 36.2 Å². The number of ether oxygens (including phenoxy) is 1. The van der Waals surface area contributed by atoms with Gasteiger partial charge in [-0.2, -0.15) is 0 Å². The highest BCUT2D eigenvalue weighted by Gasteiger charge is 2.01. The van der Waals surface area contributed by atoms with Crippen molar-refractivity contribution < 1.29 is 9.53 Å². The van der Waals surface area contributed by atoms with Gasteiger partial charge in [0.05, 0.1) is 13.7 Å². The summed E-state index contributed by atoms with van der Waals surface area (Å²) in [5.41, 5.74) is 2.47. The van der Waals surface area contributed by atoms with E-state index in [1.54, 1.807) is 16.8 Å². The molecule has 0 aliphatic carbocycles. The SMILES string of the molecule is COC(=O)Nc1ccc(NCc2cn(C)nn2)cc1. The number of nitrogens with one attached hydrogen (secondary N) is 2. The molecule has 0 saturated carbocycles. The van der Waals surface area contributed by atoms with Gasteiger partial charge in [0.25, 0.3) is 0 Å². The van der Waals surface area contributed by atoms with Crippen molar-refractivity contribution in [1.29, 1.82) is 0 Å². The van der Waals surface area contributed by atoms with Gasteiger partial charge in [-0.3, -0.25) is 10.00 Å². The molecule has 1 amide bonds. The zero-order valence-corrected chi connectivity index (χ0v) is 10.8. The fraction of sp³-hybridized carbons (Fsp3) is 0.250. The Bertz CT molecular complexity index is 550. The Morgan fingerprint density at radius 3 is 2.58 bits per heavy atom. The standard InChI is InChI=1S/C12H15N5O2/c1-17-8-11(15-16-17)7-13-9-3-5-10(6-4-9)14-12(18)19-2/h3-6,8,13H,7H2,1-2H3,(H,14,18). The molecule has 0 saturated heterocycles. The molecule has 7 heteroatoms. The summed E-state index contributed by atoms with van der Waals surface area (Å²) >= 11 is 0. The highest BCUT2D eigenvalue weighted by Crippen LogP contribution is 2.14. The van der Waals surface area contributed by atoms with Crippen LogP contribution < -0.4 is 10.6 Å². The summed E-state index contributed by atoms with van der Waals surface area (Å²) in [5, 5.41) is 13.6. The number of aromatic nitrogens is 3. The molecule has 0 spiro atoms. The largest absolute Gasteiger partial charge is 0.453 e. The molecule has 0 atom stereocenters. The zero-order chi connectivity index (χ0) is 13.7. The second-order valence-electron chi connectivity index (χ2n) is 3.93. The predicted molar refractivity (Wildman–Crippen MR) is 70.8 cm³/mol. The minimum absolute atomic E-state index is 0.486. The molecule has 7 nitrogen and oxygen atoms in total. The lowest BCUT2D eigenvalue weighted by molar-refractivity contribution is 0.187. The van der Waals surface area contributed by atoms with Crippen LogP contribution in [0.4, 0.5) is 16.2 Å². The minimum atomic E-state index is -0.486. The van der Waals surface area contributed by atoms with E-state index in [9.17, 15) is 4.79 Å². The Labute approximate surface area is 110 Å². The summed E-state index contributed by atoms with van der Waals surface area (Å²) in [6.07, 6.45) is 1.36. The number of methoxy groups -OCH3 is 1. The lowest BCUT2D eigenvalue weighted by atomic mass is 10.3. The van der Waals surface area contributed by atoms with Gasteiger partial charge in [0.1, 0.15) is 5.69 Å². The van der Waals surface area contributed by atoms with Crippen LogP contribution in [0.3, 0.4) is 0 Å². The highest BCUT2D eigenvalue weighted by atomic mass is 16.5. The predicted octanol–water partition coefficient (Wildman–Crippen LogP) is 1.61. The van der Waals surface area contributed by atoms with Crippen molar-refractivity contribution in [3.63, 3.8) is 0 Å². The molecule has 1 aromatic heterocycles. The van der Waals surface area contributed by atoms with Crippen LogP contribution in [-0.4, -0.2) is 28.2 Å². The Balaban J connectivity index is 1.89. The lowest BCUT2D eigenvalue weighted by Crippen LogP contribution is -2.10. The number of carbonyl (C=O) groups is 1. The second-order valence-corrected chi connectivity index (χ2v) is 3.93. The van der Waals surface area contributed by atoms with E-state index < -0.39 is 6.09 Å². The second kappa shape index (κ2) is 5.85. The van der Waals surface area contributed by atoms with Crippen molar-refractivity contribution in [2.75, 3.05) is 17.7 Å². The van der Waals surface area contributed by atoms with Crippen molar-refractivity contribution in [1.82, 2.24) is 15.0 Å². The van der Waals surface area contributed by atoms with Gasteiger partial charge in [-0.05, 0) is 24.3 Å². The van der Waals surface area contributed by atoms with Crippen LogP contribution in [0.25, 0.3) is 0 Å². The molecule has 1 aromatic carbocycles. The Morgan fingerprint density at radius 2 is 2.00 bits per heavy atom. The van der Waals surface area contributed by atoms with Crippen LogP contribution >= 0.6 is 0 Å². The number of anilines is 2. The van der Waals surface area contributed by atoms with E-state index in [0.717, 1.165) is 11.4 Å². The van der Waals surface area contributed by atoms with Gasteiger partial charge in [-0.25, -0.2) is 4.79 Å². The number of nitrogens with zero attached hydrogens (tertiary/aromatic N) is 3. The Hall–Kier alpha value is -2.57. The maximum atomic E-state index is 11.0. The molecule has 0 aliphatic rings. The van der Waals surface area contributed by atoms with E-state index in [-0.39, 0.29) is 0 Å². The highest BCUT2D eigenvalue weighted by molar-refractivity contribution is 5.84. The fourth-order valence-electron chi connectivity index (χ4n) is 1.51. The van der Waals surface area contributed by atoms with Crippen molar-refractivity contribution >= 4 is 17.5 Å². The maximum Gasteiger partial charge on any atom is 0.411 e. The Morgan fingerprint density at radius 1 is 1.32 bits per heavy atom. The van der Waals surface area contributed by atoms with E-state index >= 15 is 0 Å². The fourth-order valence-corrected chi connectivity index (χ4v) is 1.51. The number of amides is 1. The summed E-state index contributed by atoms with van der Waals surface area (Å²) in [7, 11) is 3.15. The van der Waals surface area contributed by atoms with Gasteiger partial charge in [0.15, 0.2) is 0 Å². The monoisotopic (exact) mass is 261 g/mol. The van der Waals surface area contributed by atoms with Gasteiger partial charge < -0.3 is 10.1 Å². The van der Waals surface area contributed by atoms with Crippen LogP contribution in [0.2, 0.25) is 0 Å². The van der Waals surface area contributed by atoms with Crippen molar-refractivity contribution in [2.45, 2.75) is 6.54 Å². The first-order valence-corrected chi connectivity index (χ1v) is 5.71. The first-order valence-electron chi connectivity index (χ1n) is 5.71. The third-order valence-corrected chi connectivity index (χ3v) is 2.44. The molecule has 0 radical (unpaired) electrons. The van der Waals surface area contributed by atoms with Crippen LogP contribution in [-0.2, 0) is 18.3 Å². The normalized spacial score (nSPS) is 10.0. The first kappa shape index (κ1) is 12.9. The molecule has 19 heavy (non-hydrogen) atoms. The molecule has 2 rings (SSSR count). The molecular formula is C12H15N5O2. The van der Waals surface area contributed by atoms with Crippen molar-refractivity contribution in [3.8, 4) is 0 Å². The molecular weight excluding hydrogens is 246 g/mol. The Kier molecular flexibility index (Phi) is 3.97. The number of aryl methyl sites for hydroxylation is 1. The van der Waals surface area contributed by atoms with E-state index in [4.69, 9.17) is 0 Å². The number of carbonyl (C=O) groups excluding carboxylic acids is 1. The van der Waals surface area contributed by atoms with Crippen LogP contribution in [0.5, 0.6) is 0 Å². The van der Waals surface area contributed by atoms with E-state index in [1.165, 1.54) is 7.11 Å². The lowest BCUT2D eigenvalue weighted by Gasteiger charge is -2.06. The summed E-state index contributed by atoms with van der Waals surface area (Å²) < 4.78 is 6.16. The molecule has 1 heterocycles. The summed E-state index contributed by atoms with van der Waals surface area (Å²) in [6, 6.07) is 7.30. The molecule has 0 bridgehead atoms. The number of benzene rings is 1.